The molecule has 2 N–H and O–H groups in total. The zero-order valence-electron chi connectivity index (χ0n) is 16.4. The van der Waals surface area contributed by atoms with E-state index in [0.717, 1.165) is 19.6 Å². The van der Waals surface area contributed by atoms with Crippen LogP contribution in [0.4, 0.5) is 0 Å². The molecule has 0 aromatic carbocycles. The quantitative estimate of drug-likeness (QED) is 0.459. The minimum absolute atomic E-state index is 0.0145. The molecule has 0 aromatic rings. The Balaban J connectivity index is 1.42. The van der Waals surface area contributed by atoms with Gasteiger partial charge in [0, 0.05) is 37.4 Å². The Bertz CT molecular complexity index is 800. The summed E-state index contributed by atoms with van der Waals surface area (Å²) in [7, 11) is 1.58. The molecule has 0 radical (unpaired) electrons. The number of Topliss-reactive ketones (excluding diaryl/α,β-unsaturated/α-hetero) is 2. The third-order valence-electron chi connectivity index (χ3n) is 7.02. The predicted molar refractivity (Wildman–Crippen MR) is 99.1 cm³/mol. The van der Waals surface area contributed by atoms with Crippen molar-refractivity contribution in [3.8, 4) is 0 Å². The largest absolute Gasteiger partial charge is 0.488 e. The molecule has 5 rings (SSSR count). The number of aliphatic hydroxyl groups excluding tert-OH is 1. The molecule has 5 aliphatic rings. The van der Waals surface area contributed by atoms with Gasteiger partial charge in [0.15, 0.2) is 11.5 Å². The number of rotatable bonds is 6. The number of nitrogens with one attached hydrogen (secondary N) is 1. The van der Waals surface area contributed by atoms with Gasteiger partial charge in [-0.3, -0.25) is 14.5 Å². The highest BCUT2D eigenvalue weighted by molar-refractivity contribution is 6.25. The molecule has 0 spiro atoms. The normalized spacial score (nSPS) is 37.0. The topological polar surface area (TPSA) is 101 Å². The summed E-state index contributed by atoms with van der Waals surface area (Å²) in [6.45, 7) is 5.23. The molecule has 0 amide bonds. The summed E-state index contributed by atoms with van der Waals surface area (Å²) in [5.74, 6) is -0.909. The lowest BCUT2D eigenvalue weighted by molar-refractivity contribution is -0.137. The lowest BCUT2D eigenvalue weighted by Gasteiger charge is -2.39. The lowest BCUT2D eigenvalue weighted by atomic mass is 9.83. The molecule has 0 saturated carbocycles. The fraction of sp³-hybridized carbons (Fsp3) is 0.700. The number of carbonyl (C=O) groups excluding carboxylic acids is 2. The molecular formula is C20H27N3O5. The maximum absolute atomic E-state index is 13.3. The molecule has 4 aliphatic heterocycles. The highest BCUT2D eigenvalue weighted by Crippen LogP contribution is 2.55. The van der Waals surface area contributed by atoms with Gasteiger partial charge in [-0.2, -0.15) is 0 Å². The Morgan fingerprint density at radius 2 is 2.00 bits per heavy atom. The number of ketones is 2. The van der Waals surface area contributed by atoms with Crippen LogP contribution in [0.25, 0.3) is 0 Å². The van der Waals surface area contributed by atoms with Crippen LogP contribution < -0.4 is 5.32 Å². The van der Waals surface area contributed by atoms with Gasteiger partial charge in [-0.15, -0.1) is 0 Å². The number of carbonyl (C=O) groups is 2. The van der Waals surface area contributed by atoms with Gasteiger partial charge >= 0.3 is 0 Å². The summed E-state index contributed by atoms with van der Waals surface area (Å²) in [5, 5.41) is 13.5. The molecule has 0 bridgehead atoms. The number of methoxy groups -OCH3 is 1. The van der Waals surface area contributed by atoms with Crippen molar-refractivity contribution in [3.63, 3.8) is 0 Å². The van der Waals surface area contributed by atoms with E-state index in [1.807, 2.05) is 4.90 Å². The molecule has 28 heavy (non-hydrogen) atoms. The van der Waals surface area contributed by atoms with E-state index in [4.69, 9.17) is 9.47 Å². The molecule has 0 aromatic heterocycles. The van der Waals surface area contributed by atoms with Crippen LogP contribution in [-0.4, -0.2) is 90.8 Å². The van der Waals surface area contributed by atoms with Crippen molar-refractivity contribution in [1.82, 2.24) is 15.1 Å². The number of allylic oxidation sites excluding steroid dienone is 2. The highest BCUT2D eigenvalue weighted by atomic mass is 16.5. The summed E-state index contributed by atoms with van der Waals surface area (Å²) >= 11 is 0. The number of hydrogen-bond donors (Lipinski definition) is 2. The number of fused-ring (bicyclic) bond motifs is 4. The maximum Gasteiger partial charge on any atom is 0.226 e. The minimum Gasteiger partial charge on any atom is -0.488 e. The van der Waals surface area contributed by atoms with E-state index < -0.39 is 11.6 Å². The third kappa shape index (κ3) is 2.26. The van der Waals surface area contributed by atoms with Gasteiger partial charge in [-0.05, 0) is 32.9 Å². The van der Waals surface area contributed by atoms with E-state index in [9.17, 15) is 14.7 Å². The van der Waals surface area contributed by atoms with E-state index >= 15 is 0 Å². The first-order chi connectivity index (χ1) is 13.5. The van der Waals surface area contributed by atoms with Crippen molar-refractivity contribution in [2.75, 3.05) is 46.5 Å². The van der Waals surface area contributed by atoms with E-state index in [0.29, 0.717) is 30.0 Å². The SMILES string of the molecule is COC12C(CO)C3=C(C(=O)C(C)=C(OCCN4CCCC4)C3=O)N1CC1NC12. The molecular weight excluding hydrogens is 362 g/mol. The minimum atomic E-state index is -0.874. The van der Waals surface area contributed by atoms with Crippen molar-refractivity contribution >= 4 is 11.6 Å². The number of piperazine rings is 1. The highest BCUT2D eigenvalue weighted by Gasteiger charge is 2.72. The van der Waals surface area contributed by atoms with Crippen LogP contribution in [-0.2, 0) is 19.1 Å². The van der Waals surface area contributed by atoms with Crippen molar-refractivity contribution < 1.29 is 24.2 Å². The number of aliphatic hydroxyl groups is 1. The van der Waals surface area contributed by atoms with Gasteiger partial charge in [0.2, 0.25) is 11.6 Å². The van der Waals surface area contributed by atoms with Crippen LogP contribution in [0.15, 0.2) is 22.6 Å². The smallest absolute Gasteiger partial charge is 0.226 e. The van der Waals surface area contributed by atoms with Crippen LogP contribution in [0.3, 0.4) is 0 Å². The van der Waals surface area contributed by atoms with E-state index in [-0.39, 0.29) is 36.0 Å². The lowest BCUT2D eigenvalue weighted by Crippen LogP contribution is -2.54. The molecule has 4 heterocycles. The molecule has 3 saturated heterocycles. The summed E-state index contributed by atoms with van der Waals surface area (Å²) in [6.07, 6.45) is 2.39. The van der Waals surface area contributed by atoms with Gasteiger partial charge in [0.25, 0.3) is 0 Å². The Morgan fingerprint density at radius 1 is 1.25 bits per heavy atom. The summed E-state index contributed by atoms with van der Waals surface area (Å²) in [4.78, 5) is 30.8. The van der Waals surface area contributed by atoms with Crippen LogP contribution in [0.5, 0.6) is 0 Å². The van der Waals surface area contributed by atoms with Crippen molar-refractivity contribution in [2.24, 2.45) is 5.92 Å². The van der Waals surface area contributed by atoms with Crippen LogP contribution >= 0.6 is 0 Å². The fourth-order valence-corrected chi connectivity index (χ4v) is 5.58. The zero-order chi connectivity index (χ0) is 19.6. The van der Waals surface area contributed by atoms with Crippen molar-refractivity contribution in [3.05, 3.63) is 22.6 Å². The van der Waals surface area contributed by atoms with Gasteiger partial charge < -0.3 is 24.8 Å². The number of likely N-dealkylation sites (tertiary alicyclic amines) is 1. The second-order valence-electron chi connectivity index (χ2n) is 8.32. The predicted octanol–water partition coefficient (Wildman–Crippen LogP) is -0.600. The van der Waals surface area contributed by atoms with Crippen LogP contribution in [0.2, 0.25) is 0 Å². The molecule has 3 fully saturated rings. The second-order valence-corrected chi connectivity index (χ2v) is 8.32. The fourth-order valence-electron chi connectivity index (χ4n) is 5.58. The Labute approximate surface area is 164 Å². The standard InChI is InChI=1S/C20H27N3O5/c1-11-16(25)15-14(17(26)18(11)28-8-7-22-5-3-4-6-22)12(10-24)20(27-2)19-13(21-19)9-23(15)20/h12-13,19,21,24H,3-10H2,1-2H3. The van der Waals surface area contributed by atoms with E-state index in [1.165, 1.54) is 12.8 Å². The van der Waals surface area contributed by atoms with Gasteiger partial charge in [-0.1, -0.05) is 0 Å². The van der Waals surface area contributed by atoms with E-state index in [2.05, 4.69) is 10.2 Å². The van der Waals surface area contributed by atoms with Crippen LogP contribution in [0.1, 0.15) is 19.8 Å². The average molecular weight is 389 g/mol. The number of hydrogen-bond acceptors (Lipinski definition) is 8. The third-order valence-corrected chi connectivity index (χ3v) is 7.02. The molecule has 4 unspecified atom stereocenters. The van der Waals surface area contributed by atoms with Crippen molar-refractivity contribution in [2.45, 2.75) is 37.6 Å². The molecule has 8 heteroatoms. The maximum atomic E-state index is 13.3. The average Bonchev–Trinajstić information content (AvgIpc) is 3.06. The van der Waals surface area contributed by atoms with Gasteiger partial charge in [-0.25, -0.2) is 0 Å². The summed E-state index contributed by atoms with van der Waals surface area (Å²) in [6, 6.07) is 0.244. The second kappa shape index (κ2) is 6.38. The van der Waals surface area contributed by atoms with Crippen molar-refractivity contribution in [1.29, 1.82) is 0 Å². The molecule has 152 valence electrons. The Morgan fingerprint density at radius 3 is 2.68 bits per heavy atom. The van der Waals surface area contributed by atoms with E-state index in [1.54, 1.807) is 14.0 Å². The first-order valence-corrected chi connectivity index (χ1v) is 10.1. The molecule has 4 atom stereocenters. The zero-order valence-corrected chi connectivity index (χ0v) is 16.4. The summed E-state index contributed by atoms with van der Waals surface area (Å²) < 4.78 is 11.7. The molecule has 1 aliphatic carbocycles. The first-order valence-electron chi connectivity index (χ1n) is 10.1. The summed E-state index contributed by atoms with van der Waals surface area (Å²) in [5.41, 5.74) is 0.218. The first kappa shape index (κ1) is 18.3. The van der Waals surface area contributed by atoms with Gasteiger partial charge in [0.1, 0.15) is 6.61 Å². The monoisotopic (exact) mass is 389 g/mol. The Hall–Kier alpha value is -1.74. The number of nitrogens with zero attached hydrogens (tertiary/aromatic N) is 2. The molecule has 8 nitrogen and oxygen atoms in total. The van der Waals surface area contributed by atoms with Crippen LogP contribution in [0, 0.1) is 5.92 Å². The van der Waals surface area contributed by atoms with Gasteiger partial charge in [0.05, 0.1) is 24.3 Å². The Kier molecular flexibility index (Phi) is 4.17. The number of ether oxygens (including phenoxy) is 2.